The van der Waals surface area contributed by atoms with E-state index in [2.05, 4.69) is 15.6 Å². The minimum Gasteiger partial charge on any atom is -0.478 e. The first-order valence-corrected chi connectivity index (χ1v) is 5.41. The van der Waals surface area contributed by atoms with E-state index in [-0.39, 0.29) is 11.9 Å². The maximum atomic E-state index is 11.0. The van der Waals surface area contributed by atoms with Crippen molar-refractivity contribution in [3.63, 3.8) is 0 Å². The van der Waals surface area contributed by atoms with Gasteiger partial charge in [0.1, 0.15) is 5.82 Å². The van der Waals surface area contributed by atoms with Crippen LogP contribution in [-0.2, 0) is 4.79 Å². The summed E-state index contributed by atoms with van der Waals surface area (Å²) in [7, 11) is 0. The van der Waals surface area contributed by atoms with E-state index in [4.69, 9.17) is 4.74 Å². The first-order valence-electron chi connectivity index (χ1n) is 5.41. The van der Waals surface area contributed by atoms with Crippen LogP contribution in [0.15, 0.2) is 18.2 Å². The number of carbonyl (C=O) groups is 1. The molecule has 1 aliphatic heterocycles. The monoisotopic (exact) mass is 221 g/mol. The third kappa shape index (κ3) is 2.62. The summed E-state index contributed by atoms with van der Waals surface area (Å²) in [6.07, 6.45) is 0.501. The number of nitrogens with one attached hydrogen (secondary N) is 2. The second-order valence-corrected chi connectivity index (χ2v) is 3.64. The van der Waals surface area contributed by atoms with E-state index < -0.39 is 0 Å². The van der Waals surface area contributed by atoms with E-state index in [1.54, 1.807) is 0 Å². The number of hydrogen-bond donors (Lipinski definition) is 2. The highest BCUT2D eigenvalue weighted by molar-refractivity contribution is 5.79. The fraction of sp³-hybridized carbons (Fsp3) is 0.455. The first-order chi connectivity index (χ1) is 7.78. The van der Waals surface area contributed by atoms with Crippen molar-refractivity contribution in [2.45, 2.75) is 19.4 Å². The summed E-state index contributed by atoms with van der Waals surface area (Å²) >= 11 is 0. The molecule has 16 heavy (non-hydrogen) atoms. The van der Waals surface area contributed by atoms with Gasteiger partial charge in [-0.25, -0.2) is 0 Å². The number of nitrogens with zero attached hydrogens (tertiary/aromatic N) is 1. The van der Waals surface area contributed by atoms with Crippen LogP contribution in [0.4, 0.5) is 5.82 Å². The van der Waals surface area contributed by atoms with Gasteiger partial charge in [-0.05, 0) is 13.0 Å². The van der Waals surface area contributed by atoms with Gasteiger partial charge in [0.2, 0.25) is 11.8 Å². The first kappa shape index (κ1) is 10.7. The topological polar surface area (TPSA) is 63.2 Å². The summed E-state index contributed by atoms with van der Waals surface area (Å²) in [5.41, 5.74) is 0. The maximum Gasteiger partial charge on any atom is 0.222 e. The molecule has 2 heterocycles. The van der Waals surface area contributed by atoms with Crippen molar-refractivity contribution >= 4 is 11.7 Å². The van der Waals surface area contributed by atoms with Crippen molar-refractivity contribution in [3.05, 3.63) is 18.2 Å². The van der Waals surface area contributed by atoms with Crippen LogP contribution < -0.4 is 15.4 Å². The summed E-state index contributed by atoms with van der Waals surface area (Å²) in [5, 5.41) is 5.96. The highest BCUT2D eigenvalue weighted by atomic mass is 16.5. The summed E-state index contributed by atoms with van der Waals surface area (Å²) < 4.78 is 5.30. The molecule has 5 nitrogen and oxygen atoms in total. The largest absolute Gasteiger partial charge is 0.478 e. The van der Waals surface area contributed by atoms with Crippen LogP contribution >= 0.6 is 0 Å². The molecular formula is C11H15N3O2. The van der Waals surface area contributed by atoms with Gasteiger partial charge in [0.15, 0.2) is 0 Å². The minimum atomic E-state index is 0.0819. The average Bonchev–Trinajstić information content (AvgIpc) is 2.65. The number of pyridine rings is 1. The van der Waals surface area contributed by atoms with Crippen molar-refractivity contribution < 1.29 is 9.53 Å². The fourth-order valence-corrected chi connectivity index (χ4v) is 1.64. The zero-order valence-corrected chi connectivity index (χ0v) is 9.19. The van der Waals surface area contributed by atoms with Crippen LogP contribution in [0.3, 0.4) is 0 Å². The smallest absolute Gasteiger partial charge is 0.222 e. The minimum absolute atomic E-state index is 0.0819. The Morgan fingerprint density at radius 2 is 2.50 bits per heavy atom. The van der Waals surface area contributed by atoms with Crippen LogP contribution in [-0.4, -0.2) is 30.1 Å². The number of rotatable bonds is 4. The Balaban J connectivity index is 1.98. The van der Waals surface area contributed by atoms with Gasteiger partial charge >= 0.3 is 0 Å². The van der Waals surface area contributed by atoms with Crippen molar-refractivity contribution in [2.75, 3.05) is 18.5 Å². The maximum absolute atomic E-state index is 11.0. The summed E-state index contributed by atoms with van der Waals surface area (Å²) in [6.45, 7) is 3.17. The molecule has 0 aliphatic carbocycles. The normalized spacial score (nSPS) is 19.3. The quantitative estimate of drug-likeness (QED) is 0.788. The Labute approximate surface area is 94.2 Å². The second kappa shape index (κ2) is 4.83. The molecule has 0 bridgehead atoms. The van der Waals surface area contributed by atoms with E-state index in [9.17, 15) is 4.79 Å². The van der Waals surface area contributed by atoms with Gasteiger partial charge in [-0.2, -0.15) is 4.98 Å². The molecule has 5 heteroatoms. The zero-order chi connectivity index (χ0) is 11.4. The molecule has 1 saturated heterocycles. The predicted molar refractivity (Wildman–Crippen MR) is 60.4 cm³/mol. The zero-order valence-electron chi connectivity index (χ0n) is 9.19. The van der Waals surface area contributed by atoms with Gasteiger partial charge in [0.05, 0.1) is 12.6 Å². The molecule has 1 aromatic heterocycles. The van der Waals surface area contributed by atoms with Crippen molar-refractivity contribution in [1.82, 2.24) is 10.3 Å². The number of anilines is 1. The molecule has 0 aromatic carbocycles. The van der Waals surface area contributed by atoms with Crippen LogP contribution in [0, 0.1) is 0 Å². The molecule has 1 atom stereocenters. The van der Waals surface area contributed by atoms with E-state index in [1.165, 1.54) is 0 Å². The van der Waals surface area contributed by atoms with Crippen LogP contribution in [0.1, 0.15) is 13.3 Å². The molecule has 2 rings (SSSR count). The fourth-order valence-electron chi connectivity index (χ4n) is 1.64. The SMILES string of the molecule is CCOc1cccc(NC2CNC(=O)C2)n1. The molecule has 1 amide bonds. The third-order valence-electron chi connectivity index (χ3n) is 2.35. The van der Waals surface area contributed by atoms with Gasteiger partial charge in [-0.3, -0.25) is 4.79 Å². The van der Waals surface area contributed by atoms with Gasteiger partial charge in [-0.15, -0.1) is 0 Å². The van der Waals surface area contributed by atoms with Gasteiger partial charge in [-0.1, -0.05) is 6.07 Å². The van der Waals surface area contributed by atoms with Crippen molar-refractivity contribution in [3.8, 4) is 5.88 Å². The van der Waals surface area contributed by atoms with Crippen LogP contribution in [0.5, 0.6) is 5.88 Å². The predicted octanol–water partition coefficient (Wildman–Crippen LogP) is 0.781. The molecule has 0 spiro atoms. The van der Waals surface area contributed by atoms with E-state index in [0.717, 1.165) is 5.82 Å². The Kier molecular flexibility index (Phi) is 3.24. The second-order valence-electron chi connectivity index (χ2n) is 3.64. The Morgan fingerprint density at radius 1 is 1.62 bits per heavy atom. The van der Waals surface area contributed by atoms with Crippen molar-refractivity contribution in [1.29, 1.82) is 0 Å². The summed E-state index contributed by atoms with van der Waals surface area (Å²) in [4.78, 5) is 15.3. The lowest BCUT2D eigenvalue weighted by Crippen LogP contribution is -2.22. The molecule has 1 fully saturated rings. The molecule has 1 unspecified atom stereocenters. The van der Waals surface area contributed by atoms with Gasteiger partial charge in [0.25, 0.3) is 0 Å². The molecule has 0 radical (unpaired) electrons. The summed E-state index contributed by atoms with van der Waals surface area (Å²) in [5.74, 6) is 1.43. The number of aromatic nitrogens is 1. The number of hydrogen-bond acceptors (Lipinski definition) is 4. The number of amides is 1. The van der Waals surface area contributed by atoms with Crippen molar-refractivity contribution in [2.24, 2.45) is 0 Å². The Bertz CT molecular complexity index is 381. The van der Waals surface area contributed by atoms with E-state index in [0.29, 0.717) is 25.5 Å². The molecular weight excluding hydrogens is 206 g/mol. The number of ether oxygens (including phenoxy) is 1. The van der Waals surface area contributed by atoms with Crippen LogP contribution in [0.2, 0.25) is 0 Å². The summed E-state index contributed by atoms with van der Waals surface area (Å²) in [6, 6.07) is 5.68. The molecule has 86 valence electrons. The Morgan fingerprint density at radius 3 is 3.19 bits per heavy atom. The highest BCUT2D eigenvalue weighted by Gasteiger charge is 2.21. The van der Waals surface area contributed by atoms with E-state index >= 15 is 0 Å². The number of carbonyl (C=O) groups excluding carboxylic acids is 1. The lowest BCUT2D eigenvalue weighted by Gasteiger charge is -2.11. The Hall–Kier alpha value is -1.78. The lowest BCUT2D eigenvalue weighted by molar-refractivity contribution is -0.119. The highest BCUT2D eigenvalue weighted by Crippen LogP contribution is 2.14. The standard InChI is InChI=1S/C11H15N3O2/c1-2-16-11-5-3-4-9(14-11)13-8-6-10(15)12-7-8/h3-5,8H,2,6-7H2,1H3,(H,12,15)(H,13,14). The molecule has 1 aliphatic rings. The van der Waals surface area contributed by atoms with Crippen LogP contribution in [0.25, 0.3) is 0 Å². The lowest BCUT2D eigenvalue weighted by atomic mass is 10.2. The molecule has 1 aromatic rings. The van der Waals surface area contributed by atoms with Gasteiger partial charge < -0.3 is 15.4 Å². The molecule has 0 saturated carbocycles. The molecule has 2 N–H and O–H groups in total. The third-order valence-corrected chi connectivity index (χ3v) is 2.35. The average molecular weight is 221 g/mol. The van der Waals surface area contributed by atoms with Gasteiger partial charge in [0, 0.05) is 19.0 Å². The van der Waals surface area contributed by atoms with E-state index in [1.807, 2.05) is 25.1 Å².